The van der Waals surface area contributed by atoms with Crippen LogP contribution in [0.1, 0.15) is 5.69 Å². The van der Waals surface area contributed by atoms with Gasteiger partial charge in [-0.25, -0.2) is 18.4 Å². The third-order valence-electron chi connectivity index (χ3n) is 4.41. The van der Waals surface area contributed by atoms with Crippen LogP contribution in [0.2, 0.25) is 0 Å². The molecule has 8 nitrogen and oxygen atoms in total. The molecule has 2 heterocycles. The predicted molar refractivity (Wildman–Crippen MR) is 116 cm³/mol. The molecule has 0 aliphatic rings. The van der Waals surface area contributed by atoms with Gasteiger partial charge in [-0.3, -0.25) is 4.72 Å². The molecule has 0 saturated carbocycles. The number of nitrogens with one attached hydrogen (secondary N) is 1. The Labute approximate surface area is 180 Å². The van der Waals surface area contributed by atoms with Crippen LogP contribution in [0, 0.1) is 6.92 Å². The number of nitrogens with zero attached hydrogens (tertiary/aromatic N) is 3. The fraction of sp³-hybridized carbons (Fsp3) is 0.0909. The quantitative estimate of drug-likeness (QED) is 0.467. The molecule has 0 aliphatic carbocycles. The summed E-state index contributed by atoms with van der Waals surface area (Å²) in [7, 11) is -2.32. The number of sulfonamides is 1. The lowest BCUT2D eigenvalue weighted by molar-refractivity contribution is 0.413. The van der Waals surface area contributed by atoms with E-state index in [4.69, 9.17) is 9.47 Å². The highest BCUT2D eigenvalue weighted by Gasteiger charge is 2.17. The minimum absolute atomic E-state index is 0.0150. The number of aryl methyl sites for hydroxylation is 1. The number of rotatable bonds is 7. The molecule has 0 radical (unpaired) electrons. The summed E-state index contributed by atoms with van der Waals surface area (Å²) in [5.74, 6) is 1.41. The molecule has 4 aromatic rings. The molecular weight excluding hydrogens is 416 g/mol. The second kappa shape index (κ2) is 8.49. The van der Waals surface area contributed by atoms with Gasteiger partial charge in [0.15, 0.2) is 0 Å². The van der Waals surface area contributed by atoms with E-state index >= 15 is 0 Å². The van der Waals surface area contributed by atoms with Crippen molar-refractivity contribution in [2.24, 2.45) is 0 Å². The molecule has 0 fully saturated rings. The molecule has 0 saturated heterocycles. The minimum atomic E-state index is -3.84. The van der Waals surface area contributed by atoms with E-state index in [0.29, 0.717) is 23.1 Å². The number of anilines is 1. The van der Waals surface area contributed by atoms with Crippen molar-refractivity contribution in [3.8, 4) is 23.1 Å². The van der Waals surface area contributed by atoms with Gasteiger partial charge in [-0.1, -0.05) is 18.2 Å². The maximum absolute atomic E-state index is 12.8. The first kappa shape index (κ1) is 20.4. The van der Waals surface area contributed by atoms with Crippen molar-refractivity contribution in [1.82, 2.24) is 14.5 Å². The fourth-order valence-corrected chi connectivity index (χ4v) is 3.91. The third kappa shape index (κ3) is 4.67. The van der Waals surface area contributed by atoms with Crippen molar-refractivity contribution in [3.05, 3.63) is 85.1 Å². The number of hydrogen-bond donors (Lipinski definition) is 1. The Morgan fingerprint density at radius 1 is 1.00 bits per heavy atom. The summed E-state index contributed by atoms with van der Waals surface area (Å²) in [5, 5.41) is 0. The normalized spacial score (nSPS) is 11.2. The summed E-state index contributed by atoms with van der Waals surface area (Å²) in [6.07, 6.45) is 4.77. The molecule has 31 heavy (non-hydrogen) atoms. The Balaban J connectivity index is 1.53. The second-order valence-corrected chi connectivity index (χ2v) is 8.34. The highest BCUT2D eigenvalue weighted by molar-refractivity contribution is 7.92. The summed E-state index contributed by atoms with van der Waals surface area (Å²) < 4.78 is 40.9. The average Bonchev–Trinajstić information content (AvgIpc) is 3.20. The standard InChI is InChI=1S/C22H20N4O4S/c1-16-14-26(15-24-16)20-10-8-17(12-21(20)29-2)25-31(27,28)19-9-11-22(23-13-19)30-18-6-4-3-5-7-18/h3-15,25H,1-2H3. The Morgan fingerprint density at radius 2 is 1.81 bits per heavy atom. The Morgan fingerprint density at radius 3 is 2.45 bits per heavy atom. The lowest BCUT2D eigenvalue weighted by Gasteiger charge is -2.13. The van der Waals surface area contributed by atoms with Gasteiger partial charge in [-0.2, -0.15) is 0 Å². The summed E-state index contributed by atoms with van der Waals surface area (Å²) in [6, 6.07) is 17.1. The first-order valence-corrected chi connectivity index (χ1v) is 10.8. The summed E-state index contributed by atoms with van der Waals surface area (Å²) >= 11 is 0. The molecule has 4 rings (SSSR count). The molecule has 9 heteroatoms. The van der Waals surface area contributed by atoms with E-state index in [-0.39, 0.29) is 4.90 Å². The van der Waals surface area contributed by atoms with E-state index < -0.39 is 10.0 Å². The van der Waals surface area contributed by atoms with Crippen LogP contribution in [-0.4, -0.2) is 30.1 Å². The zero-order valence-electron chi connectivity index (χ0n) is 16.9. The zero-order valence-corrected chi connectivity index (χ0v) is 17.7. The summed E-state index contributed by atoms with van der Waals surface area (Å²) in [6.45, 7) is 1.88. The average molecular weight is 436 g/mol. The van der Waals surface area contributed by atoms with Crippen molar-refractivity contribution in [3.63, 3.8) is 0 Å². The van der Waals surface area contributed by atoms with Crippen LogP contribution >= 0.6 is 0 Å². The Bertz CT molecular complexity index is 1290. The van der Waals surface area contributed by atoms with Crippen LogP contribution in [-0.2, 0) is 10.0 Å². The monoisotopic (exact) mass is 436 g/mol. The van der Waals surface area contributed by atoms with E-state index in [1.807, 2.05) is 35.9 Å². The van der Waals surface area contributed by atoms with Gasteiger partial charge in [0, 0.05) is 18.3 Å². The first-order valence-electron chi connectivity index (χ1n) is 9.35. The van der Waals surface area contributed by atoms with Crippen molar-refractivity contribution >= 4 is 15.7 Å². The topological polar surface area (TPSA) is 95.3 Å². The smallest absolute Gasteiger partial charge is 0.263 e. The molecular formula is C22H20N4O4S. The lowest BCUT2D eigenvalue weighted by Crippen LogP contribution is -2.13. The first-order chi connectivity index (χ1) is 14.9. The van der Waals surface area contributed by atoms with E-state index in [9.17, 15) is 8.42 Å². The lowest BCUT2D eigenvalue weighted by atomic mass is 10.2. The molecule has 0 spiro atoms. The van der Waals surface area contributed by atoms with Crippen molar-refractivity contribution in [1.29, 1.82) is 0 Å². The zero-order chi connectivity index (χ0) is 21.8. The Kier molecular flexibility index (Phi) is 5.59. The number of pyridine rings is 1. The molecule has 0 unspecified atom stereocenters. The van der Waals surface area contributed by atoms with Crippen LogP contribution in [0.5, 0.6) is 17.4 Å². The number of aromatic nitrogens is 3. The largest absolute Gasteiger partial charge is 0.494 e. The van der Waals surface area contributed by atoms with Gasteiger partial charge in [0.2, 0.25) is 5.88 Å². The number of methoxy groups -OCH3 is 1. The predicted octanol–water partition coefficient (Wildman–Crippen LogP) is 4.18. The number of benzene rings is 2. The van der Waals surface area contributed by atoms with Crippen LogP contribution < -0.4 is 14.2 Å². The maximum Gasteiger partial charge on any atom is 0.263 e. The molecule has 158 valence electrons. The summed E-state index contributed by atoms with van der Waals surface area (Å²) in [5.41, 5.74) is 1.97. The van der Waals surface area contributed by atoms with Gasteiger partial charge in [0.05, 0.1) is 36.7 Å². The number of imidazole rings is 1. The highest BCUT2D eigenvalue weighted by Crippen LogP contribution is 2.28. The molecule has 0 atom stereocenters. The second-order valence-electron chi connectivity index (χ2n) is 6.66. The summed E-state index contributed by atoms with van der Waals surface area (Å²) in [4.78, 5) is 8.31. The molecule has 0 bridgehead atoms. The van der Waals surface area contributed by atoms with E-state index in [1.54, 1.807) is 36.7 Å². The van der Waals surface area contributed by atoms with Gasteiger partial charge in [-0.15, -0.1) is 0 Å². The van der Waals surface area contributed by atoms with Gasteiger partial charge < -0.3 is 14.0 Å². The Hall–Kier alpha value is -3.85. The SMILES string of the molecule is COc1cc(NS(=O)(=O)c2ccc(Oc3ccccc3)nc2)ccc1-n1cnc(C)c1. The molecule has 0 aliphatic heterocycles. The van der Waals surface area contributed by atoms with Crippen LogP contribution in [0.4, 0.5) is 5.69 Å². The van der Waals surface area contributed by atoms with Crippen LogP contribution in [0.3, 0.4) is 0 Å². The molecule has 1 N–H and O–H groups in total. The molecule has 0 amide bonds. The number of hydrogen-bond acceptors (Lipinski definition) is 6. The fourth-order valence-electron chi connectivity index (χ4n) is 2.92. The van der Waals surface area contributed by atoms with Crippen molar-refractivity contribution in [2.75, 3.05) is 11.8 Å². The van der Waals surface area contributed by atoms with Crippen molar-refractivity contribution in [2.45, 2.75) is 11.8 Å². The van der Waals surface area contributed by atoms with Gasteiger partial charge in [-0.05, 0) is 37.3 Å². The third-order valence-corrected chi connectivity index (χ3v) is 5.77. The van der Waals surface area contributed by atoms with Gasteiger partial charge in [0.1, 0.15) is 16.4 Å². The maximum atomic E-state index is 12.8. The van der Waals surface area contributed by atoms with Crippen LogP contribution in [0.25, 0.3) is 5.69 Å². The van der Waals surface area contributed by atoms with Gasteiger partial charge in [0.25, 0.3) is 10.0 Å². The number of para-hydroxylation sites is 1. The molecule has 2 aromatic heterocycles. The van der Waals surface area contributed by atoms with E-state index in [0.717, 1.165) is 11.4 Å². The van der Waals surface area contributed by atoms with Gasteiger partial charge >= 0.3 is 0 Å². The van der Waals surface area contributed by atoms with E-state index in [1.165, 1.54) is 25.4 Å². The minimum Gasteiger partial charge on any atom is -0.494 e. The van der Waals surface area contributed by atoms with Crippen LogP contribution in [0.15, 0.2) is 84.3 Å². The molecule has 2 aromatic carbocycles. The van der Waals surface area contributed by atoms with Crippen molar-refractivity contribution < 1.29 is 17.9 Å². The highest BCUT2D eigenvalue weighted by atomic mass is 32.2. The number of ether oxygens (including phenoxy) is 2. The van der Waals surface area contributed by atoms with E-state index in [2.05, 4.69) is 14.7 Å².